The zero-order chi connectivity index (χ0) is 14.3. The number of hydrogen-bond acceptors (Lipinski definition) is 3. The summed E-state index contributed by atoms with van der Waals surface area (Å²) in [6.07, 6.45) is 6.19. The number of nitrogens with zero attached hydrogens (tertiary/aromatic N) is 2. The summed E-state index contributed by atoms with van der Waals surface area (Å²) in [6.45, 7) is 10.7. The first-order chi connectivity index (χ1) is 9.13. The maximum absolute atomic E-state index is 5.69. The van der Waals surface area contributed by atoms with E-state index in [-0.39, 0.29) is 6.10 Å². The Bertz CT molecular complexity index is 349. The van der Waals surface area contributed by atoms with Crippen LogP contribution in [0.2, 0.25) is 0 Å². The predicted octanol–water partition coefficient (Wildman–Crippen LogP) is 2.48. The molecular formula is C15H29N3O. The van der Waals surface area contributed by atoms with E-state index in [4.69, 9.17) is 4.74 Å². The number of aromatic nitrogens is 2. The molecule has 110 valence electrons. The number of rotatable bonds is 9. The second-order valence-electron chi connectivity index (χ2n) is 5.34. The predicted molar refractivity (Wildman–Crippen MR) is 79.3 cm³/mol. The zero-order valence-corrected chi connectivity index (χ0v) is 13.0. The van der Waals surface area contributed by atoms with E-state index in [9.17, 15) is 0 Å². The number of nitrogens with one attached hydrogen (secondary N) is 1. The highest BCUT2D eigenvalue weighted by Gasteiger charge is 2.25. The molecule has 0 saturated carbocycles. The van der Waals surface area contributed by atoms with Crippen molar-refractivity contribution >= 4 is 0 Å². The zero-order valence-electron chi connectivity index (χ0n) is 13.0. The fourth-order valence-electron chi connectivity index (χ4n) is 2.55. The lowest BCUT2D eigenvalue weighted by Crippen LogP contribution is -2.46. The monoisotopic (exact) mass is 267 g/mol. The van der Waals surface area contributed by atoms with Gasteiger partial charge in [-0.3, -0.25) is 0 Å². The maximum Gasteiger partial charge on any atom is 0.110 e. The lowest BCUT2D eigenvalue weighted by molar-refractivity contribution is 0.0325. The fraction of sp³-hybridized carbons (Fsp3) is 0.800. The highest BCUT2D eigenvalue weighted by molar-refractivity contribution is 4.98. The molecule has 0 spiro atoms. The topological polar surface area (TPSA) is 39.1 Å². The minimum atomic E-state index is 0.216. The van der Waals surface area contributed by atoms with E-state index in [1.165, 1.54) is 0 Å². The minimum absolute atomic E-state index is 0.216. The number of aryl methyl sites for hydroxylation is 1. The molecule has 0 aliphatic rings. The summed E-state index contributed by atoms with van der Waals surface area (Å²) < 4.78 is 7.90. The van der Waals surface area contributed by atoms with E-state index in [0.29, 0.717) is 12.0 Å². The van der Waals surface area contributed by atoms with Crippen LogP contribution in [-0.4, -0.2) is 35.4 Å². The van der Waals surface area contributed by atoms with Gasteiger partial charge in [0.2, 0.25) is 0 Å². The molecule has 0 saturated heterocycles. The van der Waals surface area contributed by atoms with Gasteiger partial charge in [-0.25, -0.2) is 4.98 Å². The van der Waals surface area contributed by atoms with Gasteiger partial charge in [0, 0.05) is 38.5 Å². The lowest BCUT2D eigenvalue weighted by Gasteiger charge is -2.30. The van der Waals surface area contributed by atoms with Gasteiger partial charge >= 0.3 is 0 Å². The van der Waals surface area contributed by atoms with Gasteiger partial charge in [0.15, 0.2) is 0 Å². The standard InChI is InChI=1S/C15H29N3O/c1-6-8-16-13(15(19-5)12(3)4)11-14-17-9-10-18(14)7-2/h9-10,12-13,15-16H,6-8,11H2,1-5H3. The van der Waals surface area contributed by atoms with Gasteiger partial charge in [-0.2, -0.15) is 0 Å². The van der Waals surface area contributed by atoms with Crippen molar-refractivity contribution in [1.82, 2.24) is 14.9 Å². The van der Waals surface area contributed by atoms with Crippen LogP contribution in [0.5, 0.6) is 0 Å². The summed E-state index contributed by atoms with van der Waals surface area (Å²) in [4.78, 5) is 4.48. The second-order valence-corrected chi connectivity index (χ2v) is 5.34. The van der Waals surface area contributed by atoms with Gasteiger partial charge < -0.3 is 14.6 Å². The Morgan fingerprint density at radius 3 is 2.63 bits per heavy atom. The molecule has 1 rings (SSSR count). The molecule has 2 unspecified atom stereocenters. The van der Waals surface area contributed by atoms with E-state index in [2.05, 4.69) is 42.6 Å². The SMILES string of the molecule is CCCNC(Cc1nccn1CC)C(OC)C(C)C. The quantitative estimate of drug-likeness (QED) is 0.747. The summed E-state index contributed by atoms with van der Waals surface area (Å²) in [6, 6.07) is 0.317. The van der Waals surface area contributed by atoms with Gasteiger partial charge in [0.25, 0.3) is 0 Å². The van der Waals surface area contributed by atoms with Crippen molar-refractivity contribution in [1.29, 1.82) is 0 Å². The van der Waals surface area contributed by atoms with Crippen LogP contribution >= 0.6 is 0 Å². The highest BCUT2D eigenvalue weighted by Crippen LogP contribution is 2.14. The highest BCUT2D eigenvalue weighted by atomic mass is 16.5. The Hall–Kier alpha value is -0.870. The molecule has 1 heterocycles. The van der Waals surface area contributed by atoms with Gasteiger partial charge in [-0.05, 0) is 25.8 Å². The van der Waals surface area contributed by atoms with Gasteiger partial charge in [-0.15, -0.1) is 0 Å². The molecule has 1 N–H and O–H groups in total. The van der Waals surface area contributed by atoms with E-state index in [1.54, 1.807) is 7.11 Å². The summed E-state index contributed by atoms with van der Waals surface area (Å²) in [7, 11) is 1.80. The van der Waals surface area contributed by atoms with Gasteiger partial charge in [-0.1, -0.05) is 20.8 Å². The average molecular weight is 267 g/mol. The molecule has 1 aromatic heterocycles. The van der Waals surface area contributed by atoms with Crippen LogP contribution < -0.4 is 5.32 Å². The molecule has 2 atom stereocenters. The van der Waals surface area contributed by atoms with Crippen LogP contribution in [0.25, 0.3) is 0 Å². The molecule has 4 nitrogen and oxygen atoms in total. The molecule has 1 aromatic rings. The summed E-state index contributed by atoms with van der Waals surface area (Å²) in [5.41, 5.74) is 0. The molecule has 0 fully saturated rings. The van der Waals surface area contributed by atoms with Crippen molar-refractivity contribution in [2.24, 2.45) is 5.92 Å². The largest absolute Gasteiger partial charge is 0.380 e. The second kappa shape index (κ2) is 8.33. The molecule has 0 amide bonds. The van der Waals surface area contributed by atoms with Crippen molar-refractivity contribution in [2.45, 2.75) is 59.2 Å². The van der Waals surface area contributed by atoms with Crippen LogP contribution in [0.1, 0.15) is 39.9 Å². The molecule has 4 heteroatoms. The van der Waals surface area contributed by atoms with Crippen LogP contribution in [0, 0.1) is 5.92 Å². The number of imidazole rings is 1. The van der Waals surface area contributed by atoms with Crippen molar-refractivity contribution < 1.29 is 4.74 Å². The smallest absolute Gasteiger partial charge is 0.110 e. The molecule has 0 bridgehead atoms. The minimum Gasteiger partial charge on any atom is -0.380 e. The third kappa shape index (κ3) is 4.62. The van der Waals surface area contributed by atoms with E-state index in [0.717, 1.165) is 31.8 Å². The molecule has 0 radical (unpaired) electrons. The maximum atomic E-state index is 5.69. The first-order valence-corrected chi connectivity index (χ1v) is 7.40. The normalized spacial score (nSPS) is 14.8. The summed E-state index contributed by atoms with van der Waals surface area (Å²) in [5, 5.41) is 3.61. The van der Waals surface area contributed by atoms with Crippen LogP contribution in [0.4, 0.5) is 0 Å². The van der Waals surface area contributed by atoms with Gasteiger partial charge in [0.05, 0.1) is 6.10 Å². The average Bonchev–Trinajstić information content (AvgIpc) is 2.83. The summed E-state index contributed by atoms with van der Waals surface area (Å²) in [5.74, 6) is 1.63. The molecular weight excluding hydrogens is 238 g/mol. The first kappa shape index (κ1) is 16.2. The number of ether oxygens (including phenoxy) is 1. The Labute approximate surface area is 117 Å². The Balaban J connectivity index is 2.78. The van der Waals surface area contributed by atoms with Crippen LogP contribution in [-0.2, 0) is 17.7 Å². The van der Waals surface area contributed by atoms with Crippen molar-refractivity contribution in [3.05, 3.63) is 18.2 Å². The molecule has 0 aromatic carbocycles. The Morgan fingerprint density at radius 1 is 1.37 bits per heavy atom. The third-order valence-electron chi connectivity index (χ3n) is 3.53. The van der Waals surface area contributed by atoms with Gasteiger partial charge in [0.1, 0.15) is 5.82 Å². The third-order valence-corrected chi connectivity index (χ3v) is 3.53. The van der Waals surface area contributed by atoms with Crippen LogP contribution in [0.3, 0.4) is 0 Å². The molecule has 0 aliphatic heterocycles. The Morgan fingerprint density at radius 2 is 2.11 bits per heavy atom. The van der Waals surface area contributed by atoms with Crippen molar-refractivity contribution in [2.75, 3.05) is 13.7 Å². The van der Waals surface area contributed by atoms with E-state index in [1.807, 2.05) is 12.4 Å². The number of hydrogen-bond donors (Lipinski definition) is 1. The Kier molecular flexibility index (Phi) is 7.10. The van der Waals surface area contributed by atoms with E-state index < -0.39 is 0 Å². The summed E-state index contributed by atoms with van der Waals surface area (Å²) >= 11 is 0. The lowest BCUT2D eigenvalue weighted by atomic mass is 9.96. The van der Waals surface area contributed by atoms with Crippen molar-refractivity contribution in [3.63, 3.8) is 0 Å². The molecule has 0 aliphatic carbocycles. The van der Waals surface area contributed by atoms with Crippen molar-refractivity contribution in [3.8, 4) is 0 Å². The van der Waals surface area contributed by atoms with E-state index >= 15 is 0 Å². The number of methoxy groups -OCH3 is 1. The fourth-order valence-corrected chi connectivity index (χ4v) is 2.55. The molecule has 19 heavy (non-hydrogen) atoms. The van der Waals surface area contributed by atoms with Crippen LogP contribution in [0.15, 0.2) is 12.4 Å². The first-order valence-electron chi connectivity index (χ1n) is 7.40.